The molecular weight excluding hydrogens is 1580 g/mol. The average Bonchev–Trinajstić information content (AvgIpc) is 1.53. The highest BCUT2D eigenvalue weighted by Crippen LogP contribution is 2.48. The number of nitrogens with zero attached hydrogens (tertiary/aromatic N) is 10. The Morgan fingerprint density at radius 2 is 0.338 bits per heavy atom. The SMILES string of the molecule is c1ccc(-c2ccc(-c3nc(-c4ccc(-c5ccccc5)cc4)nc(-n4c5ccccc5c5cc6c(cc54)c4ccccc4n6-c4cccc5c6ccccc6c6ccccc6c45)n3)cc2)cc1.c1ccc(-c2cccc(-c3nc(-c4ccccc4)nc(-n4c5ccccc5c5cc6c(cc54)c4ccccc4n6-c4cccc5c6ccccc6c6ccccc6c45)n3)c2)cc1. The average molecular weight is 1660 g/mol. The van der Waals surface area contributed by atoms with Crippen LogP contribution in [0.15, 0.2) is 449 Å². The Morgan fingerprint density at radius 1 is 0.123 bits per heavy atom. The summed E-state index contributed by atoms with van der Waals surface area (Å²) in [6, 6.07) is 160. The third-order valence-electron chi connectivity index (χ3n) is 26.3. The van der Waals surface area contributed by atoms with Crippen LogP contribution >= 0.6 is 0 Å². The summed E-state index contributed by atoms with van der Waals surface area (Å²) >= 11 is 0. The number of fused-ring (bicyclic) bond motifs is 24. The van der Waals surface area contributed by atoms with Gasteiger partial charge in [0.2, 0.25) is 11.9 Å². The first kappa shape index (κ1) is 73.9. The lowest BCUT2D eigenvalue weighted by Crippen LogP contribution is -2.06. The predicted molar refractivity (Wildman–Crippen MR) is 540 cm³/mol. The van der Waals surface area contributed by atoms with Crippen LogP contribution < -0.4 is 0 Å². The lowest BCUT2D eigenvalue weighted by molar-refractivity contribution is 0.953. The minimum absolute atomic E-state index is 0.561. The molecule has 0 aliphatic carbocycles. The molecule has 0 atom stereocenters. The molecule has 10 heteroatoms. The van der Waals surface area contributed by atoms with Crippen molar-refractivity contribution in [2.75, 3.05) is 0 Å². The molecule has 604 valence electrons. The van der Waals surface area contributed by atoms with Crippen LogP contribution in [0.2, 0.25) is 0 Å². The van der Waals surface area contributed by atoms with E-state index in [4.69, 9.17) is 29.9 Å². The minimum atomic E-state index is 0.561. The van der Waals surface area contributed by atoms with E-state index in [2.05, 4.69) is 431 Å². The predicted octanol–water partition coefficient (Wildman–Crippen LogP) is 30.7. The van der Waals surface area contributed by atoms with E-state index in [9.17, 15) is 0 Å². The van der Waals surface area contributed by atoms with Gasteiger partial charge in [-0.05, 0) is 154 Å². The molecule has 0 N–H and O–H groups in total. The van der Waals surface area contributed by atoms with Gasteiger partial charge >= 0.3 is 0 Å². The van der Waals surface area contributed by atoms with E-state index >= 15 is 0 Å². The summed E-state index contributed by atoms with van der Waals surface area (Å²) in [6.45, 7) is 0. The Hall–Kier alpha value is -17.6. The van der Waals surface area contributed by atoms with Crippen LogP contribution in [0.1, 0.15) is 0 Å². The number of benzene rings is 21. The minimum Gasteiger partial charge on any atom is -0.309 e. The maximum atomic E-state index is 5.36. The lowest BCUT2D eigenvalue weighted by atomic mass is 9.93. The van der Waals surface area contributed by atoms with Gasteiger partial charge in [-0.3, -0.25) is 9.13 Å². The summed E-state index contributed by atoms with van der Waals surface area (Å²) in [5, 5.41) is 24.2. The Kier molecular flexibility index (Phi) is 17.1. The van der Waals surface area contributed by atoms with Crippen molar-refractivity contribution in [1.29, 1.82) is 0 Å². The number of hydrogen-bond donors (Lipinski definition) is 0. The van der Waals surface area contributed by atoms with E-state index in [-0.39, 0.29) is 0 Å². The highest BCUT2D eigenvalue weighted by Gasteiger charge is 2.27. The fourth-order valence-corrected chi connectivity index (χ4v) is 20.4. The van der Waals surface area contributed by atoms with Crippen LogP contribution in [-0.2, 0) is 0 Å². The number of para-hydroxylation sites is 4. The zero-order valence-electron chi connectivity index (χ0n) is 70.2. The van der Waals surface area contributed by atoms with E-state index in [0.29, 0.717) is 35.2 Å². The van der Waals surface area contributed by atoms with Crippen LogP contribution in [0.5, 0.6) is 0 Å². The van der Waals surface area contributed by atoms with Crippen molar-refractivity contribution in [3.63, 3.8) is 0 Å². The molecular formula is C120H74N10. The van der Waals surface area contributed by atoms with Crippen LogP contribution in [0.3, 0.4) is 0 Å². The topological polar surface area (TPSA) is 97.1 Å². The molecule has 0 aliphatic heterocycles. The number of hydrogen-bond acceptors (Lipinski definition) is 6. The highest BCUT2D eigenvalue weighted by molar-refractivity contribution is 6.30. The molecule has 0 spiro atoms. The molecule has 0 saturated heterocycles. The molecule has 10 nitrogen and oxygen atoms in total. The third kappa shape index (κ3) is 12.0. The van der Waals surface area contributed by atoms with E-state index < -0.39 is 0 Å². The molecule has 0 fully saturated rings. The maximum absolute atomic E-state index is 5.36. The van der Waals surface area contributed by atoms with Crippen LogP contribution in [0.4, 0.5) is 0 Å². The second-order valence-electron chi connectivity index (χ2n) is 33.5. The van der Waals surface area contributed by atoms with E-state index in [1.54, 1.807) is 0 Å². The maximum Gasteiger partial charge on any atom is 0.238 e. The molecule has 27 rings (SSSR count). The van der Waals surface area contributed by atoms with Crippen molar-refractivity contribution in [3.8, 4) is 102 Å². The lowest BCUT2D eigenvalue weighted by Gasteiger charge is -2.16. The Bertz CT molecular complexity index is 9090. The van der Waals surface area contributed by atoms with E-state index in [1.165, 1.54) is 75.4 Å². The largest absolute Gasteiger partial charge is 0.309 e. The number of aromatic nitrogens is 10. The molecule has 0 saturated carbocycles. The van der Waals surface area contributed by atoms with Gasteiger partial charge in [-0.25, -0.2) is 9.97 Å². The third-order valence-corrected chi connectivity index (χ3v) is 26.3. The van der Waals surface area contributed by atoms with Crippen molar-refractivity contribution in [3.05, 3.63) is 449 Å². The van der Waals surface area contributed by atoms with Gasteiger partial charge in [-0.2, -0.15) is 19.9 Å². The van der Waals surface area contributed by atoms with Gasteiger partial charge < -0.3 is 9.13 Å². The normalized spacial score (nSPS) is 11.8. The van der Waals surface area contributed by atoms with Gasteiger partial charge in [-0.15, -0.1) is 0 Å². The monoisotopic (exact) mass is 1650 g/mol. The standard InChI is InChI=1S/C63H39N5.C57H35N5/c1-3-16-40(17-4-1)42-30-34-44(35-31-42)61-64-62(45-36-32-43(33-37-45)41-18-5-2-6-19-41)66-63(65-61)68-56-28-14-12-24-50(56)54-38-58-53(39-59(54)68)49-23-11-13-27-55(49)67(58)57-29-15-26-52-48-21-8-7-20-46(48)47-22-9-10-25-51(47)60(52)57;1-3-17-36(18-4-1)38-21-15-22-39(33-38)56-58-55(37-19-5-2-6-20-37)59-57(60-56)62-50-31-14-12-27-44(50)48-34-52-47(35-53(48)62)43-26-11-13-30-49(43)61(52)51-32-16-29-46-42-24-8-7-23-40(42)41-25-9-10-28-45(41)54(46)51/h1-39H;1-35H. The second-order valence-corrected chi connectivity index (χ2v) is 33.5. The fraction of sp³-hybridized carbons (Fsp3) is 0. The molecule has 6 heterocycles. The molecule has 21 aromatic carbocycles. The summed E-state index contributed by atoms with van der Waals surface area (Å²) in [5.74, 6) is 3.58. The van der Waals surface area contributed by atoms with Crippen LogP contribution in [0, 0.1) is 0 Å². The molecule has 6 aromatic heterocycles. The molecule has 130 heavy (non-hydrogen) atoms. The van der Waals surface area contributed by atoms with Crippen LogP contribution in [-0.4, -0.2) is 48.2 Å². The molecule has 0 unspecified atom stereocenters. The summed E-state index contributed by atoms with van der Waals surface area (Å²) in [5.41, 5.74) is 21.5. The fourth-order valence-electron chi connectivity index (χ4n) is 20.4. The summed E-state index contributed by atoms with van der Waals surface area (Å²) in [6.07, 6.45) is 0. The van der Waals surface area contributed by atoms with Crippen molar-refractivity contribution >= 4 is 152 Å². The van der Waals surface area contributed by atoms with Crippen molar-refractivity contribution in [2.45, 2.75) is 0 Å². The highest BCUT2D eigenvalue weighted by atomic mass is 15.2. The van der Waals surface area contributed by atoms with Gasteiger partial charge in [0.1, 0.15) is 0 Å². The van der Waals surface area contributed by atoms with Crippen molar-refractivity contribution in [1.82, 2.24) is 48.2 Å². The van der Waals surface area contributed by atoms with Gasteiger partial charge in [0, 0.05) is 76.1 Å². The van der Waals surface area contributed by atoms with Crippen molar-refractivity contribution < 1.29 is 0 Å². The van der Waals surface area contributed by atoms with Gasteiger partial charge in [0.25, 0.3) is 0 Å². The summed E-state index contributed by atoms with van der Waals surface area (Å²) < 4.78 is 9.43. The van der Waals surface area contributed by atoms with Gasteiger partial charge in [0.05, 0.1) is 55.5 Å². The van der Waals surface area contributed by atoms with Crippen LogP contribution in [0.25, 0.3) is 254 Å². The summed E-state index contributed by atoms with van der Waals surface area (Å²) in [7, 11) is 0. The molecule has 0 bridgehead atoms. The first-order chi connectivity index (χ1) is 64.5. The Labute approximate surface area is 746 Å². The number of rotatable bonds is 11. The zero-order valence-corrected chi connectivity index (χ0v) is 70.2. The quantitative estimate of drug-likeness (QED) is 0.120. The molecule has 0 aliphatic rings. The van der Waals surface area contributed by atoms with Gasteiger partial charge in [-0.1, -0.05) is 382 Å². The Balaban J connectivity index is 0.000000137. The molecule has 0 radical (unpaired) electrons. The van der Waals surface area contributed by atoms with Crippen molar-refractivity contribution in [2.24, 2.45) is 0 Å². The smallest absolute Gasteiger partial charge is 0.238 e. The van der Waals surface area contributed by atoms with E-state index in [0.717, 1.165) is 143 Å². The Morgan fingerprint density at radius 3 is 0.685 bits per heavy atom. The first-order valence-corrected chi connectivity index (χ1v) is 44.1. The van der Waals surface area contributed by atoms with Gasteiger partial charge in [0.15, 0.2) is 23.3 Å². The first-order valence-electron chi connectivity index (χ1n) is 44.1. The second kappa shape index (κ2) is 30.1. The molecule has 27 aromatic rings. The summed E-state index contributed by atoms with van der Waals surface area (Å²) in [4.78, 5) is 31.6. The zero-order chi connectivity index (χ0) is 85.4. The molecule has 0 amide bonds. The van der Waals surface area contributed by atoms with E-state index in [1.807, 2.05) is 36.4 Å².